The lowest BCUT2D eigenvalue weighted by Crippen LogP contribution is -2.14. The second kappa shape index (κ2) is 12.3. The molecule has 1 heteroatoms. The fraction of sp³-hybridized carbons (Fsp3) is 0.0943. The van der Waals surface area contributed by atoms with Crippen molar-refractivity contribution in [1.29, 1.82) is 0 Å². The maximum atomic E-state index is 2.47. The molecule has 9 aromatic rings. The summed E-state index contributed by atoms with van der Waals surface area (Å²) in [5.74, 6) is 0. The minimum atomic E-state index is -0.0547. The van der Waals surface area contributed by atoms with Gasteiger partial charge in [0.2, 0.25) is 0 Å². The number of para-hydroxylation sites is 1. The topological polar surface area (TPSA) is 4.93 Å². The molecule has 0 aliphatic heterocycles. The van der Waals surface area contributed by atoms with Crippen LogP contribution in [0.3, 0.4) is 0 Å². The second-order valence-corrected chi connectivity index (χ2v) is 15.4. The van der Waals surface area contributed by atoms with Gasteiger partial charge in [-0.25, -0.2) is 0 Å². The third-order valence-electron chi connectivity index (χ3n) is 11.9. The Labute approximate surface area is 317 Å². The Bertz CT molecular complexity index is 2890. The molecule has 0 atom stereocenters. The van der Waals surface area contributed by atoms with Crippen molar-refractivity contribution in [3.63, 3.8) is 0 Å². The van der Waals surface area contributed by atoms with E-state index in [0.29, 0.717) is 0 Å². The summed E-state index contributed by atoms with van der Waals surface area (Å²) >= 11 is 0. The number of aromatic nitrogens is 1. The Morgan fingerprint density at radius 3 is 1.76 bits per heavy atom. The molecule has 258 valence electrons. The number of hydrogen-bond donors (Lipinski definition) is 0. The van der Waals surface area contributed by atoms with E-state index in [-0.39, 0.29) is 5.41 Å². The molecule has 1 aliphatic rings. The fourth-order valence-electron chi connectivity index (χ4n) is 9.19. The second-order valence-electron chi connectivity index (χ2n) is 15.4. The number of rotatable bonds is 5. The Kier molecular flexibility index (Phi) is 7.35. The van der Waals surface area contributed by atoms with E-state index in [9.17, 15) is 0 Å². The lowest BCUT2D eigenvalue weighted by Gasteiger charge is -2.22. The van der Waals surface area contributed by atoms with Gasteiger partial charge in [0, 0.05) is 21.9 Å². The average molecular weight is 692 g/mol. The van der Waals surface area contributed by atoms with Crippen LogP contribution < -0.4 is 0 Å². The van der Waals surface area contributed by atoms with Gasteiger partial charge in [-0.05, 0) is 134 Å². The van der Waals surface area contributed by atoms with Crippen molar-refractivity contribution in [1.82, 2.24) is 4.57 Å². The highest BCUT2D eigenvalue weighted by Gasteiger charge is 2.35. The molecule has 0 spiro atoms. The predicted molar refractivity (Wildman–Crippen MR) is 230 cm³/mol. The van der Waals surface area contributed by atoms with E-state index in [2.05, 4.69) is 208 Å². The number of benzene rings is 8. The average Bonchev–Trinajstić information content (AvgIpc) is 3.67. The molecular formula is C53H41N. The minimum absolute atomic E-state index is 0.0547. The van der Waals surface area contributed by atoms with Crippen molar-refractivity contribution in [3.8, 4) is 61.3 Å². The van der Waals surface area contributed by atoms with Gasteiger partial charge in [-0.2, -0.15) is 0 Å². The SMILES string of the molecule is Cc1ccc(-c2ccccc2)cc1-c1c(-c2ccccc2)cc2c(c1C)c1cc(-c3ccc4c(c3)C(C)(C)c3ccccc3-4)ccc1n2-c1ccccc1. The van der Waals surface area contributed by atoms with E-state index >= 15 is 0 Å². The maximum absolute atomic E-state index is 2.47. The van der Waals surface area contributed by atoms with Crippen molar-refractivity contribution in [2.24, 2.45) is 0 Å². The van der Waals surface area contributed by atoms with Crippen molar-refractivity contribution in [2.75, 3.05) is 0 Å². The normalized spacial score (nSPS) is 13.0. The number of aryl methyl sites for hydroxylation is 2. The Balaban J connectivity index is 1.27. The van der Waals surface area contributed by atoms with Crippen LogP contribution in [-0.4, -0.2) is 4.57 Å². The first-order valence-corrected chi connectivity index (χ1v) is 19.0. The smallest absolute Gasteiger partial charge is 0.0550 e. The summed E-state index contributed by atoms with van der Waals surface area (Å²) in [5, 5.41) is 2.56. The van der Waals surface area contributed by atoms with Crippen molar-refractivity contribution >= 4 is 21.8 Å². The molecule has 1 heterocycles. The predicted octanol–water partition coefficient (Wildman–Crippen LogP) is 14.4. The van der Waals surface area contributed by atoms with E-state index in [0.717, 1.165) is 5.69 Å². The van der Waals surface area contributed by atoms with Crippen LogP contribution in [0.5, 0.6) is 0 Å². The first-order chi connectivity index (χ1) is 26.4. The number of fused-ring (bicyclic) bond motifs is 6. The minimum Gasteiger partial charge on any atom is -0.309 e. The number of nitrogens with zero attached hydrogens (tertiary/aromatic N) is 1. The van der Waals surface area contributed by atoms with Crippen molar-refractivity contribution in [2.45, 2.75) is 33.1 Å². The zero-order valence-electron chi connectivity index (χ0n) is 31.2. The highest BCUT2D eigenvalue weighted by atomic mass is 15.0. The van der Waals surface area contributed by atoms with E-state index in [1.165, 1.54) is 99.7 Å². The van der Waals surface area contributed by atoms with E-state index in [1.807, 2.05) is 0 Å². The summed E-state index contributed by atoms with van der Waals surface area (Å²) in [6.07, 6.45) is 0. The Morgan fingerprint density at radius 2 is 1.00 bits per heavy atom. The molecule has 10 rings (SSSR count). The summed E-state index contributed by atoms with van der Waals surface area (Å²) < 4.78 is 2.47. The Morgan fingerprint density at radius 1 is 0.407 bits per heavy atom. The molecule has 8 aromatic carbocycles. The number of hydrogen-bond acceptors (Lipinski definition) is 0. The van der Waals surface area contributed by atoms with Gasteiger partial charge in [0.1, 0.15) is 0 Å². The quantitative estimate of drug-likeness (QED) is 0.169. The molecule has 0 radical (unpaired) electrons. The van der Waals surface area contributed by atoms with Gasteiger partial charge in [-0.15, -0.1) is 0 Å². The highest BCUT2D eigenvalue weighted by Crippen LogP contribution is 2.50. The largest absolute Gasteiger partial charge is 0.309 e. The molecule has 0 fully saturated rings. The molecule has 0 bridgehead atoms. The zero-order valence-corrected chi connectivity index (χ0v) is 31.2. The monoisotopic (exact) mass is 691 g/mol. The zero-order chi connectivity index (χ0) is 36.6. The maximum Gasteiger partial charge on any atom is 0.0550 e. The van der Waals surface area contributed by atoms with Gasteiger partial charge in [0.25, 0.3) is 0 Å². The van der Waals surface area contributed by atoms with Gasteiger partial charge in [-0.1, -0.05) is 147 Å². The van der Waals surface area contributed by atoms with Crippen molar-refractivity contribution < 1.29 is 0 Å². The first kappa shape index (κ1) is 32.2. The van der Waals surface area contributed by atoms with Crippen LogP contribution in [0.4, 0.5) is 0 Å². The van der Waals surface area contributed by atoms with Gasteiger partial charge in [0.05, 0.1) is 11.0 Å². The van der Waals surface area contributed by atoms with Crippen molar-refractivity contribution in [3.05, 3.63) is 198 Å². The molecule has 0 unspecified atom stereocenters. The third kappa shape index (κ3) is 4.92. The molecular weight excluding hydrogens is 651 g/mol. The third-order valence-corrected chi connectivity index (χ3v) is 11.9. The van der Waals surface area contributed by atoms with Crippen LogP contribution in [0.25, 0.3) is 83.1 Å². The summed E-state index contributed by atoms with van der Waals surface area (Å²) in [6, 6.07) is 65.0. The molecule has 0 N–H and O–H groups in total. The highest BCUT2D eigenvalue weighted by molar-refractivity contribution is 6.16. The van der Waals surface area contributed by atoms with E-state index < -0.39 is 0 Å². The molecule has 0 saturated heterocycles. The molecule has 1 nitrogen and oxygen atoms in total. The molecule has 0 amide bonds. The fourth-order valence-corrected chi connectivity index (χ4v) is 9.19. The lowest BCUT2D eigenvalue weighted by atomic mass is 9.81. The van der Waals surface area contributed by atoms with Crippen LogP contribution in [0.15, 0.2) is 176 Å². The summed E-state index contributed by atoms with van der Waals surface area (Å²) in [7, 11) is 0. The van der Waals surface area contributed by atoms with E-state index in [4.69, 9.17) is 0 Å². The van der Waals surface area contributed by atoms with Crippen LogP contribution in [0.1, 0.15) is 36.1 Å². The summed E-state index contributed by atoms with van der Waals surface area (Å²) in [5.41, 5.74) is 21.6. The van der Waals surface area contributed by atoms with Crippen LogP contribution >= 0.6 is 0 Å². The van der Waals surface area contributed by atoms with Gasteiger partial charge in [-0.3, -0.25) is 0 Å². The molecule has 0 saturated carbocycles. The van der Waals surface area contributed by atoms with Crippen LogP contribution in [-0.2, 0) is 5.41 Å². The van der Waals surface area contributed by atoms with E-state index in [1.54, 1.807) is 0 Å². The van der Waals surface area contributed by atoms with Crippen LogP contribution in [0.2, 0.25) is 0 Å². The summed E-state index contributed by atoms with van der Waals surface area (Å²) in [4.78, 5) is 0. The first-order valence-electron chi connectivity index (χ1n) is 19.0. The molecule has 54 heavy (non-hydrogen) atoms. The Hall–Kier alpha value is -6.44. The molecule has 1 aliphatic carbocycles. The van der Waals surface area contributed by atoms with Gasteiger partial charge in [0.15, 0.2) is 0 Å². The van der Waals surface area contributed by atoms with Gasteiger partial charge < -0.3 is 4.57 Å². The van der Waals surface area contributed by atoms with Crippen LogP contribution in [0, 0.1) is 13.8 Å². The van der Waals surface area contributed by atoms with Gasteiger partial charge >= 0.3 is 0 Å². The standard InChI is InChI=1S/C53H41N/c1-34-24-25-38(36-16-8-5-9-17-36)30-44(34)51-35(2)52-46-31-39(40-26-28-43-42-22-14-15-23-47(42)53(3,4)48(43)32-40)27-29-49(46)54(41-20-12-7-13-21-41)50(52)33-45(51)37-18-10-6-11-19-37/h5-33H,1-4H3. The summed E-state index contributed by atoms with van der Waals surface area (Å²) in [6.45, 7) is 9.32. The molecule has 1 aromatic heterocycles. The lowest BCUT2D eigenvalue weighted by molar-refractivity contribution is 0.660.